The molecule has 0 bridgehead atoms. The Morgan fingerprint density at radius 1 is 1.58 bits per heavy atom. The summed E-state index contributed by atoms with van der Waals surface area (Å²) in [4.78, 5) is 4.07. The van der Waals surface area contributed by atoms with E-state index >= 15 is 0 Å². The molecule has 1 fully saturated rings. The predicted octanol–water partition coefficient (Wildman–Crippen LogP) is -0.0609. The van der Waals surface area contributed by atoms with Crippen molar-refractivity contribution in [1.29, 1.82) is 0 Å². The van der Waals surface area contributed by atoms with E-state index in [4.69, 9.17) is 5.73 Å². The van der Waals surface area contributed by atoms with E-state index in [1.807, 2.05) is 0 Å². The van der Waals surface area contributed by atoms with Crippen molar-refractivity contribution < 1.29 is 8.42 Å². The first kappa shape index (κ1) is 9.51. The Morgan fingerprint density at radius 3 is 2.42 bits per heavy atom. The molecule has 12 heavy (non-hydrogen) atoms. The monoisotopic (exact) mass is 190 g/mol. The Morgan fingerprint density at radius 2 is 2.08 bits per heavy atom. The molecule has 1 atom stereocenters. The molecule has 70 valence electrons. The lowest BCUT2D eigenvalue weighted by atomic mass is 10.4. The highest BCUT2D eigenvalue weighted by Gasteiger charge is 2.24. The van der Waals surface area contributed by atoms with Crippen molar-refractivity contribution in [3.05, 3.63) is 0 Å². The molecule has 2 N–H and O–H groups in total. The average molecular weight is 190 g/mol. The van der Waals surface area contributed by atoms with E-state index in [1.54, 1.807) is 6.92 Å². The van der Waals surface area contributed by atoms with Gasteiger partial charge >= 0.3 is 0 Å². The molecule has 1 saturated carbocycles. The Balaban J connectivity index is 2.68. The Hall–Kier alpha value is -0.580. The Bertz CT molecular complexity index is 291. The van der Waals surface area contributed by atoms with E-state index in [0.29, 0.717) is 0 Å². The van der Waals surface area contributed by atoms with Crippen molar-refractivity contribution in [3.8, 4) is 0 Å². The van der Waals surface area contributed by atoms with Gasteiger partial charge in [-0.25, -0.2) is 8.42 Å². The van der Waals surface area contributed by atoms with Crippen LogP contribution in [0.4, 0.5) is 0 Å². The summed E-state index contributed by atoms with van der Waals surface area (Å²) in [5, 5.41) is -0.641. The highest BCUT2D eigenvalue weighted by atomic mass is 32.2. The van der Waals surface area contributed by atoms with E-state index in [-0.39, 0.29) is 11.9 Å². The van der Waals surface area contributed by atoms with Crippen LogP contribution in [0.25, 0.3) is 0 Å². The molecule has 0 spiro atoms. The van der Waals surface area contributed by atoms with Crippen LogP contribution in [0, 0.1) is 0 Å². The van der Waals surface area contributed by atoms with Crippen LogP contribution in [0.1, 0.15) is 19.8 Å². The highest BCUT2D eigenvalue weighted by molar-refractivity contribution is 7.92. The van der Waals surface area contributed by atoms with Gasteiger partial charge in [0.25, 0.3) is 0 Å². The van der Waals surface area contributed by atoms with Crippen LogP contribution < -0.4 is 5.73 Å². The van der Waals surface area contributed by atoms with Gasteiger partial charge in [-0.1, -0.05) is 0 Å². The smallest absolute Gasteiger partial charge is 0.157 e. The molecule has 0 amide bonds. The number of amidine groups is 1. The zero-order valence-electron chi connectivity index (χ0n) is 7.32. The second-order valence-electron chi connectivity index (χ2n) is 3.26. The number of sulfone groups is 1. The molecule has 5 heteroatoms. The van der Waals surface area contributed by atoms with Crippen molar-refractivity contribution in [2.75, 3.05) is 6.26 Å². The standard InChI is InChI=1S/C7H14N2O2S/c1-5(12(2,10)11)7(8)9-6-3-4-6/h5-6H,3-4H2,1-2H3,(H2,8,9). The van der Waals surface area contributed by atoms with E-state index in [2.05, 4.69) is 4.99 Å². The molecule has 1 unspecified atom stereocenters. The zero-order chi connectivity index (χ0) is 9.35. The molecule has 0 aromatic heterocycles. The van der Waals surface area contributed by atoms with Crippen molar-refractivity contribution in [2.24, 2.45) is 10.7 Å². The fraction of sp³-hybridized carbons (Fsp3) is 0.857. The first-order valence-corrected chi connectivity index (χ1v) is 5.88. The maximum absolute atomic E-state index is 11.0. The maximum atomic E-state index is 11.0. The van der Waals surface area contributed by atoms with E-state index in [9.17, 15) is 8.42 Å². The molecule has 0 heterocycles. The van der Waals surface area contributed by atoms with Gasteiger partial charge < -0.3 is 5.73 Å². The third-order valence-corrected chi connectivity index (χ3v) is 3.46. The van der Waals surface area contributed by atoms with Gasteiger partial charge in [-0.15, -0.1) is 0 Å². The van der Waals surface area contributed by atoms with Crippen LogP contribution in [0.3, 0.4) is 0 Å². The Labute approximate surface area is 72.8 Å². The minimum absolute atomic E-state index is 0.250. The lowest BCUT2D eigenvalue weighted by Gasteiger charge is -2.07. The zero-order valence-corrected chi connectivity index (χ0v) is 8.13. The summed E-state index contributed by atoms with van der Waals surface area (Å²) >= 11 is 0. The summed E-state index contributed by atoms with van der Waals surface area (Å²) in [5.74, 6) is 0.250. The lowest BCUT2D eigenvalue weighted by Crippen LogP contribution is -2.33. The normalized spacial score (nSPS) is 22.3. The van der Waals surface area contributed by atoms with Gasteiger partial charge in [-0.3, -0.25) is 4.99 Å². The molecule has 0 aromatic rings. The maximum Gasteiger partial charge on any atom is 0.157 e. The second kappa shape index (κ2) is 3.05. The summed E-state index contributed by atoms with van der Waals surface area (Å²) < 4.78 is 22.0. The SMILES string of the molecule is CC(C(N)=NC1CC1)S(C)(=O)=O. The number of hydrogen-bond donors (Lipinski definition) is 1. The molecule has 4 nitrogen and oxygen atoms in total. The lowest BCUT2D eigenvalue weighted by molar-refractivity contribution is 0.598. The molecular formula is C7H14N2O2S. The minimum Gasteiger partial charge on any atom is -0.386 e. The first-order chi connectivity index (χ1) is 5.41. The molecule has 0 aliphatic heterocycles. The molecular weight excluding hydrogens is 176 g/mol. The first-order valence-electron chi connectivity index (χ1n) is 3.93. The number of nitrogens with two attached hydrogens (primary N) is 1. The van der Waals surface area contributed by atoms with Crippen molar-refractivity contribution in [2.45, 2.75) is 31.1 Å². The van der Waals surface area contributed by atoms with Gasteiger partial charge in [0.05, 0.1) is 6.04 Å². The fourth-order valence-electron chi connectivity index (χ4n) is 0.739. The minimum atomic E-state index is -3.08. The number of rotatable bonds is 3. The van der Waals surface area contributed by atoms with Gasteiger partial charge in [-0.2, -0.15) is 0 Å². The summed E-state index contributed by atoms with van der Waals surface area (Å²) in [7, 11) is -3.08. The summed E-state index contributed by atoms with van der Waals surface area (Å²) in [6, 6.07) is 0.286. The largest absolute Gasteiger partial charge is 0.386 e. The summed E-state index contributed by atoms with van der Waals surface area (Å²) in [5.41, 5.74) is 5.52. The number of nitrogens with zero attached hydrogens (tertiary/aromatic N) is 1. The van der Waals surface area contributed by atoms with Gasteiger partial charge in [-0.05, 0) is 19.8 Å². The molecule has 1 aliphatic carbocycles. The van der Waals surface area contributed by atoms with E-state index in [1.165, 1.54) is 6.26 Å². The van der Waals surface area contributed by atoms with Gasteiger partial charge in [0, 0.05) is 6.26 Å². The topological polar surface area (TPSA) is 72.5 Å². The summed E-state index contributed by atoms with van der Waals surface area (Å²) in [6.45, 7) is 1.57. The van der Waals surface area contributed by atoms with E-state index < -0.39 is 15.1 Å². The molecule has 0 radical (unpaired) electrons. The van der Waals surface area contributed by atoms with Gasteiger partial charge in [0.1, 0.15) is 11.1 Å². The van der Waals surface area contributed by atoms with Crippen LogP contribution in [-0.4, -0.2) is 31.8 Å². The Kier molecular flexibility index (Phi) is 2.41. The highest BCUT2D eigenvalue weighted by Crippen LogP contribution is 2.23. The average Bonchev–Trinajstić information content (AvgIpc) is 2.68. The van der Waals surface area contributed by atoms with E-state index in [0.717, 1.165) is 12.8 Å². The quantitative estimate of drug-likeness (QED) is 0.500. The van der Waals surface area contributed by atoms with Gasteiger partial charge in [0.15, 0.2) is 9.84 Å². The number of hydrogen-bond acceptors (Lipinski definition) is 3. The molecule has 1 rings (SSSR count). The fourth-order valence-corrected chi connectivity index (χ4v) is 1.24. The third kappa shape index (κ3) is 2.48. The van der Waals surface area contributed by atoms with Crippen LogP contribution in [-0.2, 0) is 9.84 Å². The molecule has 1 aliphatic rings. The second-order valence-corrected chi connectivity index (χ2v) is 5.62. The number of aliphatic imine (C=N–C) groups is 1. The predicted molar refractivity (Wildman–Crippen MR) is 49.0 cm³/mol. The van der Waals surface area contributed by atoms with Crippen LogP contribution in [0.2, 0.25) is 0 Å². The summed E-state index contributed by atoms with van der Waals surface area (Å²) in [6.07, 6.45) is 3.25. The molecule has 0 aromatic carbocycles. The van der Waals surface area contributed by atoms with Crippen LogP contribution in [0.15, 0.2) is 4.99 Å². The van der Waals surface area contributed by atoms with Crippen LogP contribution in [0.5, 0.6) is 0 Å². The van der Waals surface area contributed by atoms with Crippen molar-refractivity contribution in [3.63, 3.8) is 0 Å². The third-order valence-electron chi connectivity index (χ3n) is 1.94. The van der Waals surface area contributed by atoms with Gasteiger partial charge in [0.2, 0.25) is 0 Å². The van der Waals surface area contributed by atoms with Crippen LogP contribution >= 0.6 is 0 Å². The van der Waals surface area contributed by atoms with Crippen molar-refractivity contribution >= 4 is 15.7 Å². The molecule has 0 saturated heterocycles. The van der Waals surface area contributed by atoms with Crippen molar-refractivity contribution in [1.82, 2.24) is 0 Å².